The zero-order valence-electron chi connectivity index (χ0n) is 15.8. The minimum absolute atomic E-state index is 0.114. The van der Waals surface area contributed by atoms with Gasteiger partial charge in [-0.25, -0.2) is 9.97 Å². The molecule has 1 saturated heterocycles. The van der Waals surface area contributed by atoms with Crippen LogP contribution in [0.5, 0.6) is 0 Å². The molecule has 6 nitrogen and oxygen atoms in total. The van der Waals surface area contributed by atoms with Crippen molar-refractivity contribution in [2.24, 2.45) is 5.92 Å². The minimum atomic E-state index is 0.114. The van der Waals surface area contributed by atoms with E-state index in [0.717, 1.165) is 61.5 Å². The number of likely N-dealkylation sites (tertiary alicyclic amines) is 1. The molecule has 1 unspecified atom stereocenters. The number of nitrogens with zero attached hydrogens (tertiary/aromatic N) is 4. The molecule has 3 heterocycles. The van der Waals surface area contributed by atoms with Gasteiger partial charge >= 0.3 is 0 Å². The van der Waals surface area contributed by atoms with E-state index in [4.69, 9.17) is 9.97 Å². The number of hydrogen-bond acceptors (Lipinski definition) is 4. The number of piperidine rings is 1. The second-order valence-corrected chi connectivity index (χ2v) is 8.03. The predicted molar refractivity (Wildman–Crippen MR) is 99.0 cm³/mol. The molecular formula is C20H28N4O2. The van der Waals surface area contributed by atoms with Crippen LogP contribution in [0.25, 0.3) is 0 Å². The normalized spacial score (nSPS) is 24.1. The predicted octanol–water partition coefficient (Wildman–Crippen LogP) is 2.59. The Bertz CT molecular complexity index is 727. The van der Waals surface area contributed by atoms with Crippen LogP contribution in [0.3, 0.4) is 0 Å². The number of fused-ring (bicyclic) bond motifs is 1. The number of carbonyl (C=O) groups excluding carboxylic acids is 2. The van der Waals surface area contributed by atoms with E-state index < -0.39 is 0 Å². The van der Waals surface area contributed by atoms with Gasteiger partial charge in [0.05, 0.1) is 0 Å². The number of carbonyl (C=O) groups is 2. The van der Waals surface area contributed by atoms with Crippen LogP contribution in [0.4, 0.5) is 5.82 Å². The summed E-state index contributed by atoms with van der Waals surface area (Å²) in [7, 11) is 1.80. The van der Waals surface area contributed by atoms with Crippen LogP contribution < -0.4 is 4.90 Å². The Kier molecular flexibility index (Phi) is 4.67. The molecule has 26 heavy (non-hydrogen) atoms. The average Bonchev–Trinajstić information content (AvgIpc) is 3.19. The fourth-order valence-corrected chi connectivity index (χ4v) is 4.69. The molecule has 0 aromatic carbocycles. The highest BCUT2D eigenvalue weighted by Gasteiger charge is 2.33. The fraction of sp³-hybridized carbons (Fsp3) is 0.700. The van der Waals surface area contributed by atoms with Gasteiger partial charge in [-0.15, -0.1) is 0 Å². The Hall–Kier alpha value is -1.98. The van der Waals surface area contributed by atoms with Crippen LogP contribution >= 0.6 is 0 Å². The summed E-state index contributed by atoms with van der Waals surface area (Å²) in [6.07, 6.45) is 7.70. The Morgan fingerprint density at radius 3 is 2.62 bits per heavy atom. The highest BCUT2D eigenvalue weighted by atomic mass is 16.2. The molecule has 1 saturated carbocycles. The second kappa shape index (κ2) is 6.97. The van der Waals surface area contributed by atoms with Crippen LogP contribution in [0.1, 0.15) is 67.9 Å². The van der Waals surface area contributed by atoms with Crippen molar-refractivity contribution in [3.63, 3.8) is 0 Å². The number of amides is 2. The monoisotopic (exact) mass is 356 g/mol. The van der Waals surface area contributed by atoms with Crippen molar-refractivity contribution in [3.05, 3.63) is 17.1 Å². The first-order valence-corrected chi connectivity index (χ1v) is 9.97. The smallest absolute Gasteiger partial charge is 0.228 e. The summed E-state index contributed by atoms with van der Waals surface area (Å²) < 4.78 is 0. The molecule has 2 fully saturated rings. The van der Waals surface area contributed by atoms with Gasteiger partial charge in [-0.1, -0.05) is 12.8 Å². The topological polar surface area (TPSA) is 66.4 Å². The van der Waals surface area contributed by atoms with Gasteiger partial charge in [0.2, 0.25) is 11.8 Å². The van der Waals surface area contributed by atoms with E-state index in [0.29, 0.717) is 18.9 Å². The lowest BCUT2D eigenvalue weighted by atomic mass is 9.94. The molecule has 2 amide bonds. The molecule has 6 heteroatoms. The Labute approximate surface area is 155 Å². The maximum Gasteiger partial charge on any atom is 0.228 e. The first-order valence-electron chi connectivity index (χ1n) is 9.97. The molecule has 1 aliphatic carbocycles. The quantitative estimate of drug-likeness (QED) is 0.817. The number of anilines is 1. The SMILES string of the molecule is Cc1nc(C2CCCN(C(=O)C3CCCC3)C2)nc2c1CCC(=O)N2C. The highest BCUT2D eigenvalue weighted by Crippen LogP contribution is 2.33. The van der Waals surface area contributed by atoms with Gasteiger partial charge in [0.1, 0.15) is 11.6 Å². The van der Waals surface area contributed by atoms with Crippen LogP contribution in [-0.2, 0) is 16.0 Å². The number of aromatic nitrogens is 2. The van der Waals surface area contributed by atoms with Crippen molar-refractivity contribution in [2.45, 2.75) is 64.2 Å². The van der Waals surface area contributed by atoms with Gasteiger partial charge < -0.3 is 4.90 Å². The van der Waals surface area contributed by atoms with E-state index >= 15 is 0 Å². The Morgan fingerprint density at radius 1 is 1.08 bits per heavy atom. The molecule has 0 N–H and O–H groups in total. The zero-order valence-corrected chi connectivity index (χ0v) is 15.8. The third kappa shape index (κ3) is 3.10. The molecule has 0 radical (unpaired) electrons. The van der Waals surface area contributed by atoms with Crippen molar-refractivity contribution in [1.29, 1.82) is 0 Å². The van der Waals surface area contributed by atoms with Crippen LogP contribution in [0.2, 0.25) is 0 Å². The average molecular weight is 356 g/mol. The number of hydrogen-bond donors (Lipinski definition) is 0. The van der Waals surface area contributed by atoms with E-state index in [1.165, 1.54) is 12.8 Å². The summed E-state index contributed by atoms with van der Waals surface area (Å²) in [5.74, 6) is 2.40. The molecular weight excluding hydrogens is 328 g/mol. The summed E-state index contributed by atoms with van der Waals surface area (Å²) in [4.78, 5) is 38.1. The molecule has 4 rings (SSSR count). The third-order valence-corrected chi connectivity index (χ3v) is 6.29. The molecule has 0 bridgehead atoms. The molecule has 1 atom stereocenters. The summed E-state index contributed by atoms with van der Waals surface area (Å²) in [5.41, 5.74) is 2.06. The van der Waals surface area contributed by atoms with Crippen molar-refractivity contribution in [3.8, 4) is 0 Å². The number of aryl methyl sites for hydroxylation is 1. The number of rotatable bonds is 2. The largest absolute Gasteiger partial charge is 0.342 e. The van der Waals surface area contributed by atoms with Gasteiger partial charge in [-0.2, -0.15) is 0 Å². The lowest BCUT2D eigenvalue weighted by Gasteiger charge is -2.34. The Balaban J connectivity index is 1.56. The van der Waals surface area contributed by atoms with E-state index in [1.807, 2.05) is 11.8 Å². The van der Waals surface area contributed by atoms with Crippen molar-refractivity contribution in [2.75, 3.05) is 25.0 Å². The summed E-state index contributed by atoms with van der Waals surface area (Å²) in [6.45, 7) is 3.58. The van der Waals surface area contributed by atoms with Crippen LogP contribution in [-0.4, -0.2) is 46.8 Å². The highest BCUT2D eigenvalue weighted by molar-refractivity contribution is 5.94. The van der Waals surface area contributed by atoms with Crippen molar-refractivity contribution in [1.82, 2.24) is 14.9 Å². The van der Waals surface area contributed by atoms with Crippen LogP contribution in [0, 0.1) is 12.8 Å². The van der Waals surface area contributed by atoms with Gasteiger partial charge in [-0.3, -0.25) is 14.5 Å². The molecule has 140 valence electrons. The van der Waals surface area contributed by atoms with E-state index in [1.54, 1.807) is 11.9 Å². The van der Waals surface area contributed by atoms with Gasteiger partial charge in [0, 0.05) is 49.7 Å². The lowest BCUT2D eigenvalue weighted by Crippen LogP contribution is -2.42. The van der Waals surface area contributed by atoms with Crippen molar-refractivity contribution >= 4 is 17.6 Å². The van der Waals surface area contributed by atoms with Gasteiger partial charge in [-0.05, 0) is 39.0 Å². The lowest BCUT2D eigenvalue weighted by molar-refractivity contribution is -0.136. The molecule has 1 aromatic rings. The summed E-state index contributed by atoms with van der Waals surface area (Å²) >= 11 is 0. The molecule has 0 spiro atoms. The third-order valence-electron chi connectivity index (χ3n) is 6.29. The Morgan fingerprint density at radius 2 is 1.85 bits per heavy atom. The first-order chi connectivity index (χ1) is 12.5. The van der Waals surface area contributed by atoms with E-state index in [2.05, 4.69) is 0 Å². The standard InChI is InChI=1S/C20H28N4O2/c1-13-16-9-10-17(25)23(2)19(16)22-18(21-13)15-8-5-11-24(12-15)20(26)14-6-3-4-7-14/h14-15H,3-12H2,1-2H3. The summed E-state index contributed by atoms with van der Waals surface area (Å²) in [6, 6.07) is 0. The zero-order chi connectivity index (χ0) is 18.3. The summed E-state index contributed by atoms with van der Waals surface area (Å²) in [5, 5.41) is 0. The van der Waals surface area contributed by atoms with E-state index in [9.17, 15) is 9.59 Å². The molecule has 3 aliphatic rings. The minimum Gasteiger partial charge on any atom is -0.342 e. The van der Waals surface area contributed by atoms with Gasteiger partial charge in [0.25, 0.3) is 0 Å². The van der Waals surface area contributed by atoms with Crippen LogP contribution in [0.15, 0.2) is 0 Å². The first kappa shape index (κ1) is 17.4. The maximum absolute atomic E-state index is 12.8. The molecule has 1 aromatic heterocycles. The van der Waals surface area contributed by atoms with E-state index in [-0.39, 0.29) is 17.7 Å². The fourth-order valence-electron chi connectivity index (χ4n) is 4.69. The van der Waals surface area contributed by atoms with Gasteiger partial charge in [0.15, 0.2) is 0 Å². The van der Waals surface area contributed by atoms with Crippen molar-refractivity contribution < 1.29 is 9.59 Å². The second-order valence-electron chi connectivity index (χ2n) is 8.03. The molecule has 2 aliphatic heterocycles. The maximum atomic E-state index is 12.8.